The van der Waals surface area contributed by atoms with E-state index in [0.29, 0.717) is 12.6 Å². The van der Waals surface area contributed by atoms with Crippen LogP contribution in [0.4, 0.5) is 0 Å². The first kappa shape index (κ1) is 19.0. The third kappa shape index (κ3) is 5.10. The summed E-state index contributed by atoms with van der Waals surface area (Å²) in [4.78, 5) is 4.91. The molecule has 1 aliphatic heterocycles. The molecular weight excluding hydrogens is 328 g/mol. The Hall–Kier alpha value is -1.82. The molecule has 26 heavy (non-hydrogen) atoms. The molecule has 0 saturated carbocycles. The van der Waals surface area contributed by atoms with E-state index in [1.54, 1.807) is 0 Å². The van der Waals surface area contributed by atoms with Crippen molar-refractivity contribution in [2.45, 2.75) is 39.4 Å². The van der Waals surface area contributed by atoms with Gasteiger partial charge in [0, 0.05) is 38.8 Å². The molecule has 1 N–H and O–H groups in total. The van der Waals surface area contributed by atoms with Gasteiger partial charge in [0.1, 0.15) is 17.3 Å². The summed E-state index contributed by atoms with van der Waals surface area (Å²) < 4.78 is 11.2. The van der Waals surface area contributed by atoms with E-state index in [2.05, 4.69) is 28.0 Å². The molecule has 142 valence electrons. The summed E-state index contributed by atoms with van der Waals surface area (Å²) >= 11 is 0. The maximum Gasteiger partial charge on any atom is 0.119 e. The molecule has 1 atom stereocenters. The molecule has 1 saturated heterocycles. The van der Waals surface area contributed by atoms with Gasteiger partial charge in [0.2, 0.25) is 0 Å². The number of aliphatic hydroxyl groups is 1. The van der Waals surface area contributed by atoms with Gasteiger partial charge in [-0.1, -0.05) is 12.1 Å². The molecule has 0 aliphatic carbocycles. The predicted molar refractivity (Wildman–Crippen MR) is 102 cm³/mol. The number of ether oxygens (including phenoxy) is 1. The molecule has 2 aromatic rings. The highest BCUT2D eigenvalue weighted by Gasteiger charge is 2.27. The smallest absolute Gasteiger partial charge is 0.119 e. The Morgan fingerprint density at radius 1 is 1.12 bits per heavy atom. The average Bonchev–Trinajstić information content (AvgIpc) is 3.04. The van der Waals surface area contributed by atoms with Crippen molar-refractivity contribution in [3.05, 3.63) is 53.5 Å². The van der Waals surface area contributed by atoms with Crippen LogP contribution in [-0.4, -0.2) is 53.8 Å². The summed E-state index contributed by atoms with van der Waals surface area (Å²) in [6, 6.07) is 12.8. The fourth-order valence-corrected chi connectivity index (χ4v) is 3.61. The van der Waals surface area contributed by atoms with Gasteiger partial charge >= 0.3 is 0 Å². The van der Waals surface area contributed by atoms with Crippen molar-refractivity contribution in [3.8, 4) is 5.75 Å². The van der Waals surface area contributed by atoms with Crippen molar-refractivity contribution in [1.82, 2.24) is 9.80 Å². The fraction of sp³-hybridized carbons (Fsp3) is 0.524. The van der Waals surface area contributed by atoms with E-state index < -0.39 is 0 Å². The van der Waals surface area contributed by atoms with Crippen molar-refractivity contribution in [3.63, 3.8) is 0 Å². The number of aryl methyl sites for hydroxylation is 1. The van der Waals surface area contributed by atoms with Gasteiger partial charge in [0.15, 0.2) is 0 Å². The van der Waals surface area contributed by atoms with Crippen LogP contribution in [0.25, 0.3) is 0 Å². The number of hydrogen-bond donors (Lipinski definition) is 1. The van der Waals surface area contributed by atoms with Crippen LogP contribution in [0.2, 0.25) is 0 Å². The van der Waals surface area contributed by atoms with Crippen LogP contribution in [0.1, 0.15) is 30.4 Å². The Labute approximate surface area is 156 Å². The van der Waals surface area contributed by atoms with Crippen molar-refractivity contribution in [2.24, 2.45) is 0 Å². The van der Waals surface area contributed by atoms with Gasteiger partial charge in [-0.2, -0.15) is 0 Å². The second-order valence-electron chi connectivity index (χ2n) is 6.96. The van der Waals surface area contributed by atoms with Gasteiger partial charge in [-0.25, -0.2) is 0 Å². The lowest BCUT2D eigenvalue weighted by Gasteiger charge is -2.41. The standard InChI is InChI=1S/C21H30N2O3/c1-3-25-20-8-5-18(6-9-20)14-23-12-11-22(15-19(23)10-13-24)16-21-7-4-17(2)26-21/h4-9,19,24H,3,10-16H2,1-2H3/t19-/m0/s1. The zero-order valence-corrected chi connectivity index (χ0v) is 15.9. The van der Waals surface area contributed by atoms with E-state index >= 15 is 0 Å². The predicted octanol–water partition coefficient (Wildman–Crippen LogP) is 3.06. The Morgan fingerprint density at radius 2 is 1.92 bits per heavy atom. The summed E-state index contributed by atoms with van der Waals surface area (Å²) in [6.45, 7) is 9.60. The van der Waals surface area contributed by atoms with Gasteiger partial charge in [-0.05, 0) is 50.1 Å². The summed E-state index contributed by atoms with van der Waals surface area (Å²) in [5, 5.41) is 9.50. The molecule has 2 heterocycles. The third-order valence-electron chi connectivity index (χ3n) is 4.95. The first-order chi connectivity index (χ1) is 12.7. The molecule has 0 bridgehead atoms. The quantitative estimate of drug-likeness (QED) is 0.786. The van der Waals surface area contributed by atoms with E-state index in [1.807, 2.05) is 32.0 Å². The van der Waals surface area contributed by atoms with Crippen molar-refractivity contribution >= 4 is 0 Å². The van der Waals surface area contributed by atoms with Crippen molar-refractivity contribution < 1.29 is 14.3 Å². The summed E-state index contributed by atoms with van der Waals surface area (Å²) in [6.07, 6.45) is 0.796. The number of hydrogen-bond acceptors (Lipinski definition) is 5. The Morgan fingerprint density at radius 3 is 2.58 bits per heavy atom. The van der Waals surface area contributed by atoms with Crippen LogP contribution in [0.3, 0.4) is 0 Å². The maximum absolute atomic E-state index is 9.50. The SMILES string of the molecule is CCOc1ccc(CN2CCN(Cc3ccc(C)o3)C[C@@H]2CCO)cc1. The van der Waals surface area contributed by atoms with E-state index in [0.717, 1.165) is 56.4 Å². The molecule has 1 fully saturated rings. The van der Waals surface area contributed by atoms with Gasteiger partial charge in [-0.3, -0.25) is 9.80 Å². The number of nitrogens with zero attached hydrogens (tertiary/aromatic N) is 2. The minimum absolute atomic E-state index is 0.220. The first-order valence-electron chi connectivity index (χ1n) is 9.52. The molecule has 0 amide bonds. The van der Waals surface area contributed by atoms with E-state index in [-0.39, 0.29) is 6.61 Å². The lowest BCUT2D eigenvalue weighted by molar-refractivity contribution is 0.0467. The van der Waals surface area contributed by atoms with Crippen LogP contribution < -0.4 is 4.74 Å². The van der Waals surface area contributed by atoms with Crippen LogP contribution in [0.5, 0.6) is 5.75 Å². The van der Waals surface area contributed by atoms with Crippen LogP contribution >= 0.6 is 0 Å². The fourth-order valence-electron chi connectivity index (χ4n) is 3.61. The molecule has 1 aliphatic rings. The third-order valence-corrected chi connectivity index (χ3v) is 4.95. The molecule has 5 nitrogen and oxygen atoms in total. The van der Waals surface area contributed by atoms with Crippen LogP contribution in [0.15, 0.2) is 40.8 Å². The Bertz CT molecular complexity index is 668. The summed E-state index contributed by atoms with van der Waals surface area (Å²) in [5.41, 5.74) is 1.28. The molecule has 0 spiro atoms. The van der Waals surface area contributed by atoms with Gasteiger partial charge in [0.05, 0.1) is 13.2 Å². The first-order valence-corrected chi connectivity index (χ1v) is 9.52. The number of benzene rings is 1. The Kier molecular flexibility index (Phi) is 6.72. The lowest BCUT2D eigenvalue weighted by Crippen LogP contribution is -2.52. The molecule has 1 aromatic heterocycles. The van der Waals surface area contributed by atoms with Crippen LogP contribution in [0, 0.1) is 6.92 Å². The second-order valence-corrected chi connectivity index (χ2v) is 6.96. The lowest BCUT2D eigenvalue weighted by atomic mass is 10.1. The van der Waals surface area contributed by atoms with Crippen LogP contribution in [-0.2, 0) is 13.1 Å². The van der Waals surface area contributed by atoms with Crippen molar-refractivity contribution in [1.29, 1.82) is 0 Å². The normalized spacial score (nSPS) is 19.0. The highest BCUT2D eigenvalue weighted by atomic mass is 16.5. The second kappa shape index (κ2) is 9.21. The number of rotatable bonds is 8. The molecule has 5 heteroatoms. The number of furan rings is 1. The number of aliphatic hydroxyl groups excluding tert-OH is 1. The van der Waals surface area contributed by atoms with Gasteiger partial charge < -0.3 is 14.3 Å². The zero-order valence-electron chi connectivity index (χ0n) is 15.9. The molecular formula is C21H30N2O3. The summed E-state index contributed by atoms with van der Waals surface area (Å²) in [7, 11) is 0. The zero-order chi connectivity index (χ0) is 18.4. The summed E-state index contributed by atoms with van der Waals surface area (Å²) in [5.74, 6) is 2.90. The van der Waals surface area contributed by atoms with E-state index in [9.17, 15) is 5.11 Å². The maximum atomic E-state index is 9.50. The average molecular weight is 358 g/mol. The van der Waals surface area contributed by atoms with E-state index in [4.69, 9.17) is 9.15 Å². The largest absolute Gasteiger partial charge is 0.494 e. The van der Waals surface area contributed by atoms with Gasteiger partial charge in [-0.15, -0.1) is 0 Å². The minimum Gasteiger partial charge on any atom is -0.494 e. The monoisotopic (exact) mass is 358 g/mol. The topological polar surface area (TPSA) is 49.1 Å². The molecule has 0 radical (unpaired) electrons. The van der Waals surface area contributed by atoms with Crippen molar-refractivity contribution in [2.75, 3.05) is 32.8 Å². The molecule has 3 rings (SSSR count). The van der Waals surface area contributed by atoms with Gasteiger partial charge in [0.25, 0.3) is 0 Å². The number of piperazine rings is 1. The Balaban J connectivity index is 1.59. The highest BCUT2D eigenvalue weighted by Crippen LogP contribution is 2.20. The van der Waals surface area contributed by atoms with E-state index in [1.165, 1.54) is 5.56 Å². The molecule has 1 aromatic carbocycles. The molecule has 0 unspecified atom stereocenters. The highest BCUT2D eigenvalue weighted by molar-refractivity contribution is 5.27. The minimum atomic E-state index is 0.220.